The maximum Gasteiger partial charge on any atom is 0.586 e. The molecule has 13 heteroatoms. The van der Waals surface area contributed by atoms with Crippen molar-refractivity contribution in [3.05, 3.63) is 89.0 Å². The van der Waals surface area contributed by atoms with Crippen LogP contribution >= 0.6 is 11.8 Å². The van der Waals surface area contributed by atoms with Crippen LogP contribution in [0.1, 0.15) is 40.9 Å². The van der Waals surface area contributed by atoms with Gasteiger partial charge in [0.1, 0.15) is 12.3 Å². The van der Waals surface area contributed by atoms with Gasteiger partial charge in [-0.1, -0.05) is 56.3 Å². The van der Waals surface area contributed by atoms with Crippen LogP contribution in [0.3, 0.4) is 0 Å². The van der Waals surface area contributed by atoms with E-state index in [0.717, 1.165) is 5.56 Å². The van der Waals surface area contributed by atoms with Gasteiger partial charge in [-0.15, -0.1) is 20.5 Å². The van der Waals surface area contributed by atoms with Crippen LogP contribution in [0.15, 0.2) is 66.7 Å². The van der Waals surface area contributed by atoms with Gasteiger partial charge in [0.05, 0.1) is 11.9 Å². The number of fused-ring (bicyclic) bond motifs is 1. The number of carbonyl (C=O) groups excluding carboxylic acids is 3. The first-order valence-electron chi connectivity index (χ1n) is 14.2. The Morgan fingerprint density at radius 1 is 0.978 bits per heavy atom. The lowest BCUT2D eigenvalue weighted by atomic mass is 9.99. The molecule has 1 heterocycles. The van der Waals surface area contributed by atoms with Crippen molar-refractivity contribution >= 4 is 29.5 Å². The van der Waals surface area contributed by atoms with Crippen molar-refractivity contribution in [3.8, 4) is 17.2 Å². The average molecular weight is 644 g/mol. The summed E-state index contributed by atoms with van der Waals surface area (Å²) in [5.74, 6) is -2.17. The van der Waals surface area contributed by atoms with E-state index in [-0.39, 0.29) is 46.9 Å². The van der Waals surface area contributed by atoms with E-state index in [1.807, 2.05) is 19.9 Å². The van der Waals surface area contributed by atoms with E-state index in [2.05, 4.69) is 20.1 Å². The molecule has 3 aromatic rings. The lowest BCUT2D eigenvalue weighted by Crippen LogP contribution is -2.54. The molecule has 4 N–H and O–H groups in total. The smallest absolute Gasteiger partial charge is 0.508 e. The summed E-state index contributed by atoms with van der Waals surface area (Å²) in [7, 11) is 0. The largest absolute Gasteiger partial charge is 0.586 e. The minimum atomic E-state index is -3.76. The molecule has 0 bridgehead atoms. The van der Waals surface area contributed by atoms with Gasteiger partial charge in [-0.2, -0.15) is 0 Å². The molecule has 0 spiro atoms. The minimum Gasteiger partial charge on any atom is -0.508 e. The monoisotopic (exact) mass is 643 g/mol. The number of amides is 3. The summed E-state index contributed by atoms with van der Waals surface area (Å²) < 4.78 is 35.6. The number of benzene rings is 3. The lowest BCUT2D eigenvalue weighted by Gasteiger charge is -2.30. The summed E-state index contributed by atoms with van der Waals surface area (Å²) in [5.41, 5.74) is 1.75. The molecule has 2 unspecified atom stereocenters. The van der Waals surface area contributed by atoms with Crippen LogP contribution in [-0.4, -0.2) is 68.9 Å². The van der Waals surface area contributed by atoms with Gasteiger partial charge in [0.2, 0.25) is 5.91 Å². The number of ether oxygens (including phenoxy) is 2. The SMILES string of the molecule is Cc1c(O)cccc1C(=O)NC(Cc1ccccc1)C(O)C(=O)N(CSC(C)C)CC(=O)NCc1ccc2c(c1)OC(F)(F)O2. The molecule has 2 atom stereocenters. The van der Waals surface area contributed by atoms with Gasteiger partial charge in [0.15, 0.2) is 17.6 Å². The third-order valence-corrected chi connectivity index (χ3v) is 8.09. The van der Waals surface area contributed by atoms with Gasteiger partial charge in [0.25, 0.3) is 11.8 Å². The summed E-state index contributed by atoms with van der Waals surface area (Å²) in [4.78, 5) is 41.1. The molecule has 0 saturated carbocycles. The molecule has 240 valence electrons. The van der Waals surface area contributed by atoms with Gasteiger partial charge in [-0.3, -0.25) is 14.4 Å². The van der Waals surface area contributed by atoms with E-state index >= 15 is 0 Å². The highest BCUT2D eigenvalue weighted by Gasteiger charge is 2.43. The molecule has 0 radical (unpaired) electrons. The van der Waals surface area contributed by atoms with Crippen LogP contribution in [0.25, 0.3) is 0 Å². The van der Waals surface area contributed by atoms with Crippen LogP contribution < -0.4 is 20.1 Å². The molecule has 45 heavy (non-hydrogen) atoms. The molecule has 3 amide bonds. The molecule has 0 fully saturated rings. The first-order valence-corrected chi connectivity index (χ1v) is 15.2. The van der Waals surface area contributed by atoms with Crippen molar-refractivity contribution in [2.45, 2.75) is 57.4 Å². The first kappa shape index (κ1) is 33.5. The fraction of sp³-hybridized carbons (Fsp3) is 0.344. The number of halogens is 2. The second-order valence-electron chi connectivity index (χ2n) is 10.8. The Morgan fingerprint density at radius 2 is 1.69 bits per heavy atom. The van der Waals surface area contributed by atoms with Crippen LogP contribution in [0.2, 0.25) is 0 Å². The summed E-state index contributed by atoms with van der Waals surface area (Å²) >= 11 is 1.38. The Hall–Kier alpha value is -4.36. The molecule has 0 saturated heterocycles. The van der Waals surface area contributed by atoms with Crippen LogP contribution in [0.4, 0.5) is 8.78 Å². The van der Waals surface area contributed by atoms with E-state index in [9.17, 15) is 33.4 Å². The number of phenolic OH excluding ortho intramolecular Hbond substituents is 1. The summed E-state index contributed by atoms with van der Waals surface area (Å²) in [6.45, 7) is 4.97. The van der Waals surface area contributed by atoms with Crippen molar-refractivity contribution in [3.63, 3.8) is 0 Å². The predicted octanol–water partition coefficient (Wildman–Crippen LogP) is 3.97. The van der Waals surface area contributed by atoms with Crippen molar-refractivity contribution in [2.75, 3.05) is 12.4 Å². The van der Waals surface area contributed by atoms with Gasteiger partial charge in [0, 0.05) is 22.9 Å². The molecular weight excluding hydrogens is 608 g/mol. The van der Waals surface area contributed by atoms with E-state index in [1.165, 1.54) is 53.1 Å². The zero-order chi connectivity index (χ0) is 32.7. The van der Waals surface area contributed by atoms with E-state index in [0.29, 0.717) is 11.1 Å². The van der Waals surface area contributed by atoms with Crippen LogP contribution in [0.5, 0.6) is 17.2 Å². The van der Waals surface area contributed by atoms with E-state index < -0.39 is 42.7 Å². The number of aliphatic hydroxyl groups excluding tert-OH is 1. The second kappa shape index (κ2) is 14.6. The van der Waals surface area contributed by atoms with Crippen LogP contribution in [-0.2, 0) is 22.6 Å². The second-order valence-corrected chi connectivity index (χ2v) is 12.3. The number of hydrogen-bond acceptors (Lipinski definition) is 8. The number of rotatable bonds is 13. The van der Waals surface area contributed by atoms with Gasteiger partial charge < -0.3 is 35.2 Å². The Morgan fingerprint density at radius 3 is 2.40 bits per heavy atom. The molecule has 0 aromatic heterocycles. The summed E-state index contributed by atoms with van der Waals surface area (Å²) in [6.07, 6.45) is -5.37. The fourth-order valence-electron chi connectivity index (χ4n) is 4.54. The summed E-state index contributed by atoms with van der Waals surface area (Å²) in [5, 5.41) is 26.9. The summed E-state index contributed by atoms with van der Waals surface area (Å²) in [6, 6.07) is 16.6. The van der Waals surface area contributed by atoms with Crippen molar-refractivity contribution < 1.29 is 42.9 Å². The van der Waals surface area contributed by atoms with Crippen molar-refractivity contribution in [2.24, 2.45) is 0 Å². The normalized spacial score (nSPS) is 14.5. The average Bonchev–Trinajstić information content (AvgIpc) is 3.31. The number of alkyl halides is 2. The molecule has 4 rings (SSSR count). The topological polar surface area (TPSA) is 137 Å². The number of aromatic hydroxyl groups is 1. The molecule has 1 aliphatic rings. The van der Waals surface area contributed by atoms with E-state index in [4.69, 9.17) is 0 Å². The van der Waals surface area contributed by atoms with Gasteiger partial charge in [-0.05, 0) is 48.7 Å². The highest BCUT2D eigenvalue weighted by Crippen LogP contribution is 2.41. The van der Waals surface area contributed by atoms with Crippen molar-refractivity contribution in [1.29, 1.82) is 0 Å². The maximum absolute atomic E-state index is 13.7. The number of carbonyl (C=O) groups is 3. The fourth-order valence-corrected chi connectivity index (χ4v) is 5.24. The molecule has 10 nitrogen and oxygen atoms in total. The van der Waals surface area contributed by atoms with E-state index in [1.54, 1.807) is 31.2 Å². The third kappa shape index (κ3) is 9.08. The third-order valence-electron chi connectivity index (χ3n) is 6.96. The Labute approximate surface area is 263 Å². The zero-order valence-corrected chi connectivity index (χ0v) is 25.8. The number of nitrogens with one attached hydrogen (secondary N) is 2. The number of nitrogens with zero attached hydrogens (tertiary/aromatic N) is 1. The maximum atomic E-state index is 13.7. The minimum absolute atomic E-state index is 0.0427. The first-order chi connectivity index (χ1) is 21.3. The van der Waals surface area contributed by atoms with Crippen molar-refractivity contribution in [1.82, 2.24) is 15.5 Å². The predicted molar refractivity (Wildman–Crippen MR) is 164 cm³/mol. The highest BCUT2D eigenvalue weighted by atomic mass is 32.2. The Kier molecular flexibility index (Phi) is 10.9. The number of phenols is 1. The molecule has 3 aromatic carbocycles. The standard InChI is InChI=1S/C32H35F2N3O7S/c1-19(2)45-18-37(17-28(39)35-16-22-12-13-26-27(15-22)44-32(33,34)43-26)31(42)29(40)24(14-21-8-5-4-6-9-21)36-30(41)23-10-7-11-25(38)20(23)3/h4-13,15,19,24,29,38,40H,14,16-18H2,1-3H3,(H,35,39)(H,36,41). The molecule has 1 aliphatic heterocycles. The number of thioether (sulfide) groups is 1. The van der Waals surface area contributed by atoms with Crippen LogP contribution in [0, 0.1) is 6.92 Å². The van der Waals surface area contributed by atoms with Gasteiger partial charge >= 0.3 is 6.29 Å². The highest BCUT2D eigenvalue weighted by molar-refractivity contribution is 7.99. The Balaban J connectivity index is 1.48. The molecular formula is C32H35F2N3O7S. The number of hydrogen-bond donors (Lipinski definition) is 4. The molecule has 0 aliphatic carbocycles. The Bertz CT molecular complexity index is 1520. The lowest BCUT2D eigenvalue weighted by molar-refractivity contribution is -0.286. The van der Waals surface area contributed by atoms with Gasteiger partial charge in [-0.25, -0.2) is 0 Å². The quantitative estimate of drug-likeness (QED) is 0.206. The number of aliphatic hydroxyl groups is 1. The zero-order valence-electron chi connectivity index (χ0n) is 25.0.